The Morgan fingerprint density at radius 1 is 1.26 bits per heavy atom. The highest BCUT2D eigenvalue weighted by molar-refractivity contribution is 7.17. The zero-order valence-corrected chi connectivity index (χ0v) is 15.4. The molecule has 1 aliphatic heterocycles. The largest absolute Gasteiger partial charge is 0.384 e. The summed E-state index contributed by atoms with van der Waals surface area (Å²) < 4.78 is 0. The number of nitrogens with one attached hydrogen (secondary N) is 2. The van der Waals surface area contributed by atoms with E-state index in [4.69, 9.17) is 10.7 Å². The maximum absolute atomic E-state index is 11.3. The number of hydrogen-bond donors (Lipinski definition) is 3. The summed E-state index contributed by atoms with van der Waals surface area (Å²) >= 11 is 1.53. The van der Waals surface area contributed by atoms with E-state index in [1.807, 2.05) is 12.1 Å². The SMILES string of the molecule is CC(=O)Nc1cc(-c2nc(-c3ccc(N)nc3)c(C3=NCCN3)s2)ccn1. The van der Waals surface area contributed by atoms with Gasteiger partial charge in [0.25, 0.3) is 0 Å². The number of carbonyl (C=O) groups is 1. The molecule has 9 heteroatoms. The van der Waals surface area contributed by atoms with Gasteiger partial charge in [0.2, 0.25) is 5.91 Å². The van der Waals surface area contributed by atoms with Gasteiger partial charge >= 0.3 is 0 Å². The Morgan fingerprint density at radius 2 is 2.15 bits per heavy atom. The summed E-state index contributed by atoms with van der Waals surface area (Å²) in [5, 5.41) is 6.81. The number of hydrogen-bond acceptors (Lipinski definition) is 8. The smallest absolute Gasteiger partial charge is 0.222 e. The normalized spacial score (nSPS) is 13.1. The Kier molecular flexibility index (Phi) is 4.51. The van der Waals surface area contributed by atoms with Crippen LogP contribution in [0.5, 0.6) is 0 Å². The Hall–Kier alpha value is -3.33. The number of amidine groups is 1. The van der Waals surface area contributed by atoms with Crippen molar-refractivity contribution in [2.24, 2.45) is 4.99 Å². The van der Waals surface area contributed by atoms with Crippen LogP contribution in [0.25, 0.3) is 21.8 Å². The van der Waals surface area contributed by atoms with Crippen molar-refractivity contribution >= 4 is 34.7 Å². The van der Waals surface area contributed by atoms with Gasteiger partial charge < -0.3 is 16.4 Å². The van der Waals surface area contributed by atoms with Gasteiger partial charge in [-0.15, -0.1) is 11.3 Å². The lowest BCUT2D eigenvalue weighted by Gasteiger charge is -2.03. The number of thiazole rings is 1. The van der Waals surface area contributed by atoms with Gasteiger partial charge in [0.1, 0.15) is 22.5 Å². The van der Waals surface area contributed by atoms with E-state index in [1.165, 1.54) is 18.3 Å². The number of nitrogen functional groups attached to an aromatic ring is 1. The van der Waals surface area contributed by atoms with Crippen molar-refractivity contribution in [1.82, 2.24) is 20.3 Å². The standard InChI is InChI=1S/C18H17N7OS/c1-10(26)24-14-8-11(4-5-20-14)18-25-15(12-2-3-13(19)23-9-12)16(27-18)17-21-6-7-22-17/h2-5,8-9H,6-7H2,1H3,(H2,19,23)(H,21,22)(H,20,24,26). The molecule has 0 bridgehead atoms. The minimum absolute atomic E-state index is 0.169. The fraction of sp³-hybridized carbons (Fsp3) is 0.167. The third kappa shape index (κ3) is 3.63. The molecule has 0 saturated heterocycles. The lowest BCUT2D eigenvalue weighted by Crippen LogP contribution is -2.19. The molecule has 4 rings (SSSR count). The van der Waals surface area contributed by atoms with E-state index in [2.05, 4.69) is 25.6 Å². The fourth-order valence-electron chi connectivity index (χ4n) is 2.71. The summed E-state index contributed by atoms with van der Waals surface area (Å²) in [6.07, 6.45) is 3.36. The summed E-state index contributed by atoms with van der Waals surface area (Å²) in [6.45, 7) is 3.00. The molecule has 1 amide bonds. The molecule has 27 heavy (non-hydrogen) atoms. The van der Waals surface area contributed by atoms with Gasteiger partial charge in [-0.05, 0) is 24.3 Å². The average Bonchev–Trinajstić information content (AvgIpc) is 3.32. The predicted octanol–water partition coefficient (Wildman–Crippen LogP) is 2.16. The van der Waals surface area contributed by atoms with E-state index < -0.39 is 0 Å². The summed E-state index contributed by atoms with van der Waals surface area (Å²) in [4.78, 5) is 29.9. The van der Waals surface area contributed by atoms with E-state index in [0.29, 0.717) is 11.6 Å². The van der Waals surface area contributed by atoms with E-state index in [1.54, 1.807) is 24.5 Å². The topological polar surface area (TPSA) is 118 Å². The van der Waals surface area contributed by atoms with Crippen molar-refractivity contribution in [1.29, 1.82) is 0 Å². The van der Waals surface area contributed by atoms with Gasteiger partial charge in [0.15, 0.2) is 0 Å². The third-order valence-electron chi connectivity index (χ3n) is 3.89. The molecule has 0 fully saturated rings. The lowest BCUT2D eigenvalue weighted by molar-refractivity contribution is -0.114. The second-order valence-corrected chi connectivity index (χ2v) is 6.94. The third-order valence-corrected chi connectivity index (χ3v) is 5.00. The molecule has 8 nitrogen and oxygen atoms in total. The number of nitrogens with zero attached hydrogens (tertiary/aromatic N) is 4. The molecule has 0 spiro atoms. The van der Waals surface area contributed by atoms with Crippen LogP contribution in [0.2, 0.25) is 0 Å². The first-order valence-electron chi connectivity index (χ1n) is 8.35. The quantitative estimate of drug-likeness (QED) is 0.639. The summed E-state index contributed by atoms with van der Waals surface area (Å²) in [5.74, 6) is 1.62. The van der Waals surface area contributed by atoms with Crippen molar-refractivity contribution in [3.63, 3.8) is 0 Å². The van der Waals surface area contributed by atoms with Crippen molar-refractivity contribution in [3.8, 4) is 21.8 Å². The van der Waals surface area contributed by atoms with E-state index in [-0.39, 0.29) is 5.91 Å². The zero-order valence-electron chi connectivity index (χ0n) is 14.6. The number of nitrogens with two attached hydrogens (primary N) is 1. The highest BCUT2D eigenvalue weighted by atomic mass is 32.1. The Morgan fingerprint density at radius 3 is 2.85 bits per heavy atom. The molecule has 4 N–H and O–H groups in total. The number of carbonyl (C=O) groups excluding carboxylic acids is 1. The second kappa shape index (κ2) is 7.12. The van der Waals surface area contributed by atoms with Crippen LogP contribution in [0, 0.1) is 0 Å². The molecule has 0 unspecified atom stereocenters. The van der Waals surface area contributed by atoms with Crippen molar-refractivity contribution in [2.45, 2.75) is 6.92 Å². The minimum atomic E-state index is -0.169. The minimum Gasteiger partial charge on any atom is -0.384 e. The molecule has 136 valence electrons. The van der Waals surface area contributed by atoms with Crippen LogP contribution >= 0.6 is 11.3 Å². The zero-order chi connectivity index (χ0) is 18.8. The first kappa shape index (κ1) is 17.1. The van der Waals surface area contributed by atoms with Crippen LogP contribution in [-0.4, -0.2) is 39.8 Å². The molecule has 1 aliphatic rings. The highest BCUT2D eigenvalue weighted by Crippen LogP contribution is 2.35. The molecule has 3 aromatic rings. The highest BCUT2D eigenvalue weighted by Gasteiger charge is 2.21. The van der Waals surface area contributed by atoms with Gasteiger partial charge in [0, 0.05) is 37.0 Å². The first-order chi connectivity index (χ1) is 13.1. The maximum Gasteiger partial charge on any atom is 0.222 e. The lowest BCUT2D eigenvalue weighted by atomic mass is 10.1. The fourth-order valence-corrected chi connectivity index (χ4v) is 3.78. The molecule has 3 aromatic heterocycles. The Bertz CT molecular complexity index is 1030. The van der Waals surface area contributed by atoms with E-state index in [0.717, 1.165) is 45.6 Å². The monoisotopic (exact) mass is 379 g/mol. The van der Waals surface area contributed by atoms with Gasteiger partial charge in [-0.3, -0.25) is 9.79 Å². The van der Waals surface area contributed by atoms with Gasteiger partial charge in [-0.1, -0.05) is 0 Å². The molecule has 0 radical (unpaired) electrons. The van der Waals surface area contributed by atoms with Crippen LogP contribution in [-0.2, 0) is 4.79 Å². The van der Waals surface area contributed by atoms with Crippen molar-refractivity contribution < 1.29 is 4.79 Å². The number of aliphatic imine (C=N–C) groups is 1. The van der Waals surface area contributed by atoms with Crippen LogP contribution in [0.1, 0.15) is 11.8 Å². The Labute approximate surface area is 159 Å². The summed E-state index contributed by atoms with van der Waals surface area (Å²) in [6, 6.07) is 7.32. The van der Waals surface area contributed by atoms with Gasteiger partial charge in [-0.25, -0.2) is 15.0 Å². The number of aromatic nitrogens is 3. The molecule has 0 atom stereocenters. The number of anilines is 2. The van der Waals surface area contributed by atoms with E-state index in [9.17, 15) is 4.79 Å². The van der Waals surface area contributed by atoms with Crippen LogP contribution in [0.4, 0.5) is 11.6 Å². The number of amides is 1. The molecule has 0 aliphatic carbocycles. The molecule has 0 saturated carbocycles. The molecular formula is C18H17N7OS. The van der Waals surface area contributed by atoms with Crippen molar-refractivity contribution in [2.75, 3.05) is 24.1 Å². The predicted molar refractivity (Wildman–Crippen MR) is 107 cm³/mol. The second-order valence-electron chi connectivity index (χ2n) is 5.94. The van der Waals surface area contributed by atoms with Gasteiger partial charge in [0.05, 0.1) is 17.1 Å². The number of rotatable bonds is 4. The molecule has 0 aromatic carbocycles. The average molecular weight is 379 g/mol. The summed E-state index contributed by atoms with van der Waals surface area (Å²) in [7, 11) is 0. The number of pyridine rings is 2. The van der Waals surface area contributed by atoms with Crippen LogP contribution in [0.15, 0.2) is 41.7 Å². The van der Waals surface area contributed by atoms with Crippen LogP contribution in [0.3, 0.4) is 0 Å². The molecular weight excluding hydrogens is 362 g/mol. The molecule has 4 heterocycles. The summed E-state index contributed by atoms with van der Waals surface area (Å²) in [5.41, 5.74) is 8.25. The van der Waals surface area contributed by atoms with E-state index >= 15 is 0 Å². The van der Waals surface area contributed by atoms with Crippen LogP contribution < -0.4 is 16.4 Å². The first-order valence-corrected chi connectivity index (χ1v) is 9.17. The van der Waals surface area contributed by atoms with Crippen molar-refractivity contribution in [3.05, 3.63) is 41.5 Å². The maximum atomic E-state index is 11.3. The Balaban J connectivity index is 1.79. The van der Waals surface area contributed by atoms with Gasteiger partial charge in [-0.2, -0.15) is 0 Å².